The van der Waals surface area contributed by atoms with E-state index in [4.69, 9.17) is 0 Å². The van der Waals surface area contributed by atoms with Crippen LogP contribution >= 0.6 is 22.6 Å². The van der Waals surface area contributed by atoms with E-state index in [2.05, 4.69) is 6.58 Å². The number of aliphatic hydroxyl groups excluding tert-OH is 1. The quantitative estimate of drug-likeness (QED) is 0.651. The van der Waals surface area contributed by atoms with E-state index < -0.39 is 6.10 Å². The van der Waals surface area contributed by atoms with Crippen molar-refractivity contribution in [2.45, 2.75) is 6.10 Å². The molecule has 0 aliphatic carbocycles. The topological polar surface area (TPSA) is 20.2 Å². The molecule has 1 unspecified atom stereocenters. The van der Waals surface area contributed by atoms with E-state index in [-0.39, 0.29) is 5.82 Å². The first-order valence-corrected chi connectivity index (χ1v) is 4.48. The molecule has 1 aromatic rings. The van der Waals surface area contributed by atoms with Gasteiger partial charge in [0.15, 0.2) is 0 Å². The van der Waals surface area contributed by atoms with Gasteiger partial charge in [-0.2, -0.15) is 0 Å². The zero-order valence-electron chi connectivity index (χ0n) is 6.30. The van der Waals surface area contributed by atoms with Crippen molar-refractivity contribution in [3.05, 3.63) is 45.8 Å². The van der Waals surface area contributed by atoms with Gasteiger partial charge in [-0.05, 0) is 40.8 Å². The first kappa shape index (κ1) is 9.67. The fraction of sp³-hybridized carbons (Fsp3) is 0.111. The molecule has 0 saturated heterocycles. The minimum atomic E-state index is -0.785. The lowest BCUT2D eigenvalue weighted by Crippen LogP contribution is -1.96. The van der Waals surface area contributed by atoms with Gasteiger partial charge in [-0.3, -0.25) is 0 Å². The minimum absolute atomic E-state index is 0.341. The van der Waals surface area contributed by atoms with Crippen LogP contribution in [-0.4, -0.2) is 5.11 Å². The summed E-state index contributed by atoms with van der Waals surface area (Å²) in [5.41, 5.74) is 0.561. The Hall–Kier alpha value is -0.420. The van der Waals surface area contributed by atoms with E-state index in [1.807, 2.05) is 22.6 Å². The molecule has 1 aromatic carbocycles. The predicted octanol–water partition coefficient (Wildman–Crippen LogP) is 2.65. The molecule has 1 N–H and O–H groups in total. The Labute approximate surface area is 84.1 Å². The third-order valence-electron chi connectivity index (χ3n) is 1.50. The lowest BCUT2D eigenvalue weighted by molar-refractivity contribution is 0.227. The number of rotatable bonds is 2. The molecule has 0 radical (unpaired) electrons. The molecule has 1 rings (SSSR count). The second-order valence-electron chi connectivity index (χ2n) is 2.35. The zero-order valence-corrected chi connectivity index (χ0v) is 8.45. The average molecular weight is 278 g/mol. The maximum absolute atomic E-state index is 12.7. The summed E-state index contributed by atoms with van der Waals surface area (Å²) in [6.45, 7) is 3.43. The lowest BCUT2D eigenvalue weighted by atomic mass is 10.1. The molecule has 1 nitrogen and oxygen atoms in total. The second-order valence-corrected chi connectivity index (χ2v) is 3.51. The standard InChI is InChI=1S/C9H8FIO/c1-2-9(12)7-5-6(10)3-4-8(7)11/h2-5,9,12H,1H2. The monoisotopic (exact) mass is 278 g/mol. The first-order chi connectivity index (χ1) is 5.65. The van der Waals surface area contributed by atoms with Crippen LogP contribution in [0.4, 0.5) is 4.39 Å². The highest BCUT2D eigenvalue weighted by molar-refractivity contribution is 14.1. The van der Waals surface area contributed by atoms with E-state index in [1.54, 1.807) is 6.07 Å². The summed E-state index contributed by atoms with van der Waals surface area (Å²) < 4.78 is 13.5. The van der Waals surface area contributed by atoms with Crippen molar-refractivity contribution in [1.29, 1.82) is 0 Å². The van der Waals surface area contributed by atoms with Gasteiger partial charge in [0.05, 0.1) is 6.10 Å². The van der Waals surface area contributed by atoms with Crippen LogP contribution in [0.3, 0.4) is 0 Å². The van der Waals surface area contributed by atoms with Crippen molar-refractivity contribution in [3.63, 3.8) is 0 Å². The van der Waals surface area contributed by atoms with Gasteiger partial charge in [-0.15, -0.1) is 6.58 Å². The van der Waals surface area contributed by atoms with Crippen LogP contribution in [0.25, 0.3) is 0 Å². The van der Waals surface area contributed by atoms with Crippen LogP contribution in [0, 0.1) is 9.39 Å². The van der Waals surface area contributed by atoms with Gasteiger partial charge in [0.1, 0.15) is 5.82 Å². The Morgan fingerprint density at radius 3 is 2.83 bits per heavy atom. The third-order valence-corrected chi connectivity index (χ3v) is 2.48. The highest BCUT2D eigenvalue weighted by atomic mass is 127. The first-order valence-electron chi connectivity index (χ1n) is 3.40. The zero-order chi connectivity index (χ0) is 9.14. The smallest absolute Gasteiger partial charge is 0.123 e. The molecular formula is C9H8FIO. The van der Waals surface area contributed by atoms with Gasteiger partial charge in [0, 0.05) is 9.13 Å². The van der Waals surface area contributed by atoms with Crippen molar-refractivity contribution >= 4 is 22.6 Å². The summed E-state index contributed by atoms with van der Waals surface area (Å²) >= 11 is 2.04. The molecule has 64 valence electrons. The summed E-state index contributed by atoms with van der Waals surface area (Å²) in [7, 11) is 0. The maximum Gasteiger partial charge on any atom is 0.123 e. The van der Waals surface area contributed by atoms with Gasteiger partial charge in [-0.1, -0.05) is 6.08 Å². The van der Waals surface area contributed by atoms with E-state index in [9.17, 15) is 9.50 Å². The molecule has 0 spiro atoms. The molecule has 3 heteroatoms. The number of hydrogen-bond acceptors (Lipinski definition) is 1. The predicted molar refractivity (Wildman–Crippen MR) is 54.3 cm³/mol. The van der Waals surface area contributed by atoms with Crippen molar-refractivity contribution < 1.29 is 9.50 Å². The number of hydrogen-bond donors (Lipinski definition) is 1. The van der Waals surface area contributed by atoms with Crippen LogP contribution in [0.15, 0.2) is 30.9 Å². The maximum atomic E-state index is 12.7. The Balaban J connectivity index is 3.12. The second kappa shape index (κ2) is 4.00. The summed E-state index contributed by atoms with van der Waals surface area (Å²) in [4.78, 5) is 0. The normalized spacial score (nSPS) is 12.6. The van der Waals surface area contributed by atoms with E-state index >= 15 is 0 Å². The Morgan fingerprint density at radius 1 is 1.58 bits per heavy atom. The number of benzene rings is 1. The molecule has 0 heterocycles. The van der Waals surface area contributed by atoms with Crippen LogP contribution in [0.1, 0.15) is 11.7 Å². The van der Waals surface area contributed by atoms with E-state index in [1.165, 1.54) is 18.2 Å². The van der Waals surface area contributed by atoms with E-state index in [0.29, 0.717) is 5.56 Å². The van der Waals surface area contributed by atoms with Crippen molar-refractivity contribution in [1.82, 2.24) is 0 Å². The molecule has 12 heavy (non-hydrogen) atoms. The number of aliphatic hydroxyl groups is 1. The number of halogens is 2. The summed E-state index contributed by atoms with van der Waals surface area (Å²) in [6.07, 6.45) is 0.587. The highest BCUT2D eigenvalue weighted by Gasteiger charge is 2.07. The summed E-state index contributed by atoms with van der Waals surface area (Å²) in [6, 6.07) is 4.30. The largest absolute Gasteiger partial charge is 0.384 e. The summed E-state index contributed by atoms with van der Waals surface area (Å²) in [5, 5.41) is 9.35. The molecule has 0 aliphatic heterocycles. The van der Waals surface area contributed by atoms with Gasteiger partial charge >= 0.3 is 0 Å². The lowest BCUT2D eigenvalue weighted by Gasteiger charge is -2.07. The van der Waals surface area contributed by atoms with Gasteiger partial charge in [-0.25, -0.2) is 4.39 Å². The van der Waals surface area contributed by atoms with Crippen molar-refractivity contribution in [3.8, 4) is 0 Å². The molecule has 0 saturated carbocycles. The molecule has 0 aromatic heterocycles. The fourth-order valence-corrected chi connectivity index (χ4v) is 1.52. The van der Waals surface area contributed by atoms with E-state index in [0.717, 1.165) is 3.57 Å². The molecular weight excluding hydrogens is 270 g/mol. The Kier molecular flexibility index (Phi) is 3.22. The van der Waals surface area contributed by atoms with Crippen LogP contribution < -0.4 is 0 Å². The molecule has 0 amide bonds. The van der Waals surface area contributed by atoms with Gasteiger partial charge in [0.25, 0.3) is 0 Å². The van der Waals surface area contributed by atoms with Crippen molar-refractivity contribution in [2.75, 3.05) is 0 Å². The van der Waals surface area contributed by atoms with Crippen LogP contribution in [-0.2, 0) is 0 Å². The third kappa shape index (κ3) is 2.04. The van der Waals surface area contributed by atoms with Gasteiger partial charge in [0.2, 0.25) is 0 Å². The Morgan fingerprint density at radius 2 is 2.25 bits per heavy atom. The van der Waals surface area contributed by atoms with Crippen LogP contribution in [0.5, 0.6) is 0 Å². The minimum Gasteiger partial charge on any atom is -0.384 e. The molecule has 0 aliphatic rings. The molecule has 0 bridgehead atoms. The summed E-state index contributed by atoms with van der Waals surface area (Å²) in [5.74, 6) is -0.341. The Bertz CT molecular complexity index is 299. The van der Waals surface area contributed by atoms with Gasteiger partial charge < -0.3 is 5.11 Å². The van der Waals surface area contributed by atoms with Crippen molar-refractivity contribution in [2.24, 2.45) is 0 Å². The van der Waals surface area contributed by atoms with Crippen LogP contribution in [0.2, 0.25) is 0 Å². The average Bonchev–Trinajstić information content (AvgIpc) is 2.08. The molecule has 1 atom stereocenters. The fourth-order valence-electron chi connectivity index (χ4n) is 0.868. The SMILES string of the molecule is C=CC(O)c1cc(F)ccc1I. The highest BCUT2D eigenvalue weighted by Crippen LogP contribution is 2.21. The molecule has 0 fully saturated rings.